The summed E-state index contributed by atoms with van der Waals surface area (Å²) in [7, 11) is 1.69. The van der Waals surface area contributed by atoms with E-state index in [2.05, 4.69) is 23.6 Å². The predicted molar refractivity (Wildman–Crippen MR) is 105 cm³/mol. The van der Waals surface area contributed by atoms with Gasteiger partial charge in [-0.2, -0.15) is 0 Å². The van der Waals surface area contributed by atoms with Crippen molar-refractivity contribution in [2.75, 3.05) is 33.4 Å². The molecule has 0 unspecified atom stereocenters. The number of ether oxygens (including phenoxy) is 1. The van der Waals surface area contributed by atoms with Gasteiger partial charge in [-0.25, -0.2) is 4.39 Å². The lowest BCUT2D eigenvalue weighted by molar-refractivity contribution is -0.152. The second-order valence-electron chi connectivity index (χ2n) is 8.58. The maximum Gasteiger partial charge on any atom is 0.231 e. The van der Waals surface area contributed by atoms with Gasteiger partial charge in [-0.3, -0.25) is 9.69 Å². The Morgan fingerprint density at radius 3 is 2.48 bits per heavy atom. The van der Waals surface area contributed by atoms with Crippen LogP contribution in [0.15, 0.2) is 24.3 Å². The fourth-order valence-electron chi connectivity index (χ4n) is 4.54. The van der Waals surface area contributed by atoms with Crippen molar-refractivity contribution in [3.63, 3.8) is 0 Å². The third-order valence-electron chi connectivity index (χ3n) is 6.29. The van der Waals surface area contributed by atoms with Gasteiger partial charge in [-0.05, 0) is 42.9 Å². The van der Waals surface area contributed by atoms with Crippen LogP contribution in [0.4, 0.5) is 4.39 Å². The molecule has 1 saturated heterocycles. The van der Waals surface area contributed by atoms with Gasteiger partial charge in [0.05, 0.1) is 12.0 Å². The summed E-state index contributed by atoms with van der Waals surface area (Å²) in [5, 5.41) is 0. The van der Waals surface area contributed by atoms with E-state index in [1.165, 1.54) is 12.1 Å². The second kappa shape index (κ2) is 8.70. The first-order valence-electron chi connectivity index (χ1n) is 10.2. The molecular weight excluding hydrogens is 343 g/mol. The lowest BCUT2D eigenvalue weighted by Crippen LogP contribution is -2.53. The average Bonchev–Trinajstić information content (AvgIpc) is 2.82. The molecule has 2 aliphatic rings. The van der Waals surface area contributed by atoms with Crippen LogP contribution in [0.5, 0.6) is 0 Å². The van der Waals surface area contributed by atoms with Crippen molar-refractivity contribution in [2.45, 2.75) is 52.1 Å². The summed E-state index contributed by atoms with van der Waals surface area (Å²) in [6, 6.07) is 7.09. The molecule has 1 aliphatic carbocycles. The van der Waals surface area contributed by atoms with Gasteiger partial charge < -0.3 is 9.64 Å². The number of benzene rings is 1. The Morgan fingerprint density at radius 1 is 1.22 bits per heavy atom. The van der Waals surface area contributed by atoms with Crippen molar-refractivity contribution in [1.29, 1.82) is 0 Å². The molecule has 1 aromatic carbocycles. The minimum absolute atomic E-state index is 0.198. The number of amides is 1. The highest BCUT2D eigenvalue weighted by atomic mass is 19.1. The van der Waals surface area contributed by atoms with Gasteiger partial charge in [-0.1, -0.05) is 32.4 Å². The lowest BCUT2D eigenvalue weighted by Gasteiger charge is -2.44. The number of halogens is 1. The number of carbonyl (C=O) groups excluding carboxylic acids is 1. The van der Waals surface area contributed by atoms with Crippen LogP contribution in [0.3, 0.4) is 0 Å². The van der Waals surface area contributed by atoms with Crippen molar-refractivity contribution < 1.29 is 13.9 Å². The molecule has 150 valence electrons. The van der Waals surface area contributed by atoms with Crippen LogP contribution >= 0.6 is 0 Å². The molecule has 0 radical (unpaired) electrons. The smallest absolute Gasteiger partial charge is 0.231 e. The van der Waals surface area contributed by atoms with E-state index >= 15 is 0 Å². The lowest BCUT2D eigenvalue weighted by atomic mass is 9.68. The first-order chi connectivity index (χ1) is 12.9. The highest BCUT2D eigenvalue weighted by Gasteiger charge is 2.47. The van der Waals surface area contributed by atoms with Crippen LogP contribution in [0.2, 0.25) is 0 Å². The number of hydrogen-bond acceptors (Lipinski definition) is 3. The Morgan fingerprint density at radius 2 is 1.93 bits per heavy atom. The van der Waals surface area contributed by atoms with E-state index in [0.29, 0.717) is 18.6 Å². The van der Waals surface area contributed by atoms with Crippen LogP contribution in [0.1, 0.15) is 45.1 Å². The normalized spacial score (nSPS) is 23.1. The molecule has 0 bridgehead atoms. The maximum absolute atomic E-state index is 13.3. The SMILES string of the molecule is COCC1(C(=O)N2CCCN(Cc3ccc(F)cc3)[C@@H](C(C)C)C2)CCC1. The molecule has 1 atom stereocenters. The van der Waals surface area contributed by atoms with E-state index in [-0.39, 0.29) is 17.1 Å². The minimum Gasteiger partial charge on any atom is -0.384 e. The minimum atomic E-state index is -0.289. The molecule has 1 aromatic rings. The molecular formula is C22H33FN2O2. The Balaban J connectivity index is 1.72. The first kappa shape index (κ1) is 20.3. The highest BCUT2D eigenvalue weighted by molar-refractivity contribution is 5.84. The van der Waals surface area contributed by atoms with E-state index in [4.69, 9.17) is 4.74 Å². The Kier molecular flexibility index (Phi) is 6.53. The van der Waals surface area contributed by atoms with Gasteiger partial charge in [0, 0.05) is 39.3 Å². The summed E-state index contributed by atoms with van der Waals surface area (Å²) in [5.74, 6) is 0.527. The molecule has 27 heavy (non-hydrogen) atoms. The van der Waals surface area contributed by atoms with Crippen molar-refractivity contribution in [1.82, 2.24) is 9.80 Å². The molecule has 1 amide bonds. The predicted octanol–water partition coefficient (Wildman–Crippen LogP) is 3.70. The molecule has 3 rings (SSSR count). The summed E-state index contributed by atoms with van der Waals surface area (Å²) in [6.45, 7) is 8.33. The van der Waals surface area contributed by atoms with Crippen LogP contribution in [0.25, 0.3) is 0 Å². The van der Waals surface area contributed by atoms with Crippen LogP contribution in [-0.4, -0.2) is 55.1 Å². The van der Waals surface area contributed by atoms with Gasteiger partial charge in [0.2, 0.25) is 5.91 Å². The van der Waals surface area contributed by atoms with E-state index in [0.717, 1.165) is 57.4 Å². The number of nitrogens with zero attached hydrogens (tertiary/aromatic N) is 2. The maximum atomic E-state index is 13.3. The van der Waals surface area contributed by atoms with Crippen molar-refractivity contribution in [2.24, 2.45) is 11.3 Å². The van der Waals surface area contributed by atoms with E-state index < -0.39 is 0 Å². The third-order valence-corrected chi connectivity index (χ3v) is 6.29. The molecule has 1 saturated carbocycles. The zero-order valence-electron chi connectivity index (χ0n) is 16.9. The molecule has 1 heterocycles. The molecule has 5 heteroatoms. The molecule has 0 aromatic heterocycles. The average molecular weight is 377 g/mol. The third kappa shape index (κ3) is 4.52. The van der Waals surface area contributed by atoms with Gasteiger partial charge in [-0.15, -0.1) is 0 Å². The molecule has 0 N–H and O–H groups in total. The number of carbonyl (C=O) groups is 1. The fraction of sp³-hybridized carbons (Fsp3) is 0.682. The summed E-state index contributed by atoms with van der Waals surface area (Å²) in [6.07, 6.45) is 3.98. The summed E-state index contributed by atoms with van der Waals surface area (Å²) in [4.78, 5) is 17.9. The molecule has 2 fully saturated rings. The standard InChI is InChI=1S/C22H33FN2O2/c1-17(2)20-15-25(21(26)22(16-27-3)10-4-11-22)13-5-12-24(20)14-18-6-8-19(23)9-7-18/h6-9,17,20H,4-5,10-16H2,1-3H3/t20-/m1/s1. The van der Waals surface area contributed by atoms with Crippen LogP contribution < -0.4 is 0 Å². The number of methoxy groups -OCH3 is 1. The largest absolute Gasteiger partial charge is 0.384 e. The van der Waals surface area contributed by atoms with E-state index in [1.54, 1.807) is 7.11 Å². The van der Waals surface area contributed by atoms with Crippen LogP contribution in [-0.2, 0) is 16.1 Å². The Bertz CT molecular complexity index is 628. The summed E-state index contributed by atoms with van der Waals surface area (Å²) >= 11 is 0. The van der Waals surface area contributed by atoms with Crippen molar-refractivity contribution in [3.8, 4) is 0 Å². The van der Waals surface area contributed by atoms with E-state index in [1.807, 2.05) is 12.1 Å². The second-order valence-corrected chi connectivity index (χ2v) is 8.58. The zero-order valence-corrected chi connectivity index (χ0v) is 16.9. The quantitative estimate of drug-likeness (QED) is 0.759. The first-order valence-corrected chi connectivity index (χ1v) is 10.2. The zero-order chi connectivity index (χ0) is 19.4. The van der Waals surface area contributed by atoms with Crippen molar-refractivity contribution >= 4 is 5.91 Å². The highest BCUT2D eigenvalue weighted by Crippen LogP contribution is 2.43. The topological polar surface area (TPSA) is 32.8 Å². The summed E-state index contributed by atoms with van der Waals surface area (Å²) in [5.41, 5.74) is 0.833. The monoisotopic (exact) mass is 376 g/mol. The van der Waals surface area contributed by atoms with Gasteiger partial charge in [0.25, 0.3) is 0 Å². The van der Waals surface area contributed by atoms with E-state index in [9.17, 15) is 9.18 Å². The summed E-state index contributed by atoms with van der Waals surface area (Å²) < 4.78 is 18.6. The Labute approximate surface area is 162 Å². The molecule has 4 nitrogen and oxygen atoms in total. The van der Waals surface area contributed by atoms with Crippen LogP contribution in [0, 0.1) is 17.2 Å². The number of hydrogen-bond donors (Lipinski definition) is 0. The van der Waals surface area contributed by atoms with Gasteiger partial charge in [0.15, 0.2) is 0 Å². The molecule has 0 spiro atoms. The van der Waals surface area contributed by atoms with Gasteiger partial charge >= 0.3 is 0 Å². The Hall–Kier alpha value is -1.46. The molecule has 1 aliphatic heterocycles. The fourth-order valence-corrected chi connectivity index (χ4v) is 4.54. The van der Waals surface area contributed by atoms with Gasteiger partial charge in [0.1, 0.15) is 5.82 Å². The number of rotatable bonds is 6. The van der Waals surface area contributed by atoms with Crippen molar-refractivity contribution in [3.05, 3.63) is 35.6 Å².